The van der Waals surface area contributed by atoms with Crippen molar-refractivity contribution in [1.82, 2.24) is 5.32 Å². The molecular weight excluding hydrogens is 293 g/mol. The van der Waals surface area contributed by atoms with E-state index in [9.17, 15) is 4.79 Å². The van der Waals surface area contributed by atoms with Crippen LogP contribution >= 0.6 is 23.2 Å². The van der Waals surface area contributed by atoms with Crippen LogP contribution in [-0.2, 0) is 11.2 Å². The van der Waals surface area contributed by atoms with E-state index in [4.69, 9.17) is 23.2 Å². The van der Waals surface area contributed by atoms with Crippen molar-refractivity contribution in [2.75, 3.05) is 0 Å². The number of benzene rings is 2. The normalized spacial score (nSPS) is 11.9. The Morgan fingerprint density at radius 1 is 1.15 bits per heavy atom. The second-order valence-corrected chi connectivity index (χ2v) is 5.46. The Morgan fingerprint density at radius 2 is 1.85 bits per heavy atom. The molecule has 4 heteroatoms. The number of amides is 1. The van der Waals surface area contributed by atoms with Crippen molar-refractivity contribution in [2.45, 2.75) is 19.4 Å². The van der Waals surface area contributed by atoms with Crippen molar-refractivity contribution >= 4 is 29.1 Å². The molecule has 0 heterocycles. The zero-order chi connectivity index (χ0) is 14.5. The van der Waals surface area contributed by atoms with Gasteiger partial charge in [-0.25, -0.2) is 0 Å². The lowest BCUT2D eigenvalue weighted by Crippen LogP contribution is -2.28. The summed E-state index contributed by atoms with van der Waals surface area (Å²) in [5, 5.41) is 4.08. The minimum absolute atomic E-state index is 0.0327. The Balaban J connectivity index is 2.00. The van der Waals surface area contributed by atoms with Crippen LogP contribution in [0.1, 0.15) is 24.1 Å². The third-order valence-electron chi connectivity index (χ3n) is 3.01. The molecule has 0 unspecified atom stereocenters. The Bertz CT molecular complexity index is 599. The average Bonchev–Trinajstić information content (AvgIpc) is 2.39. The first-order valence-electron chi connectivity index (χ1n) is 6.34. The quantitative estimate of drug-likeness (QED) is 0.890. The Morgan fingerprint density at radius 3 is 2.50 bits per heavy atom. The van der Waals surface area contributed by atoms with Crippen LogP contribution in [0.5, 0.6) is 0 Å². The van der Waals surface area contributed by atoms with Crippen molar-refractivity contribution < 1.29 is 4.79 Å². The van der Waals surface area contributed by atoms with Crippen LogP contribution in [0, 0.1) is 0 Å². The van der Waals surface area contributed by atoms with E-state index in [1.54, 1.807) is 12.1 Å². The van der Waals surface area contributed by atoms with Crippen LogP contribution < -0.4 is 5.32 Å². The SMILES string of the molecule is C[C@@H](NC(=O)Cc1ccccc1)c1ccc(Cl)cc1Cl. The minimum Gasteiger partial charge on any atom is -0.349 e. The molecule has 20 heavy (non-hydrogen) atoms. The van der Waals surface area contributed by atoms with Crippen LogP contribution in [0.4, 0.5) is 0 Å². The number of hydrogen-bond acceptors (Lipinski definition) is 1. The molecule has 104 valence electrons. The van der Waals surface area contributed by atoms with Gasteiger partial charge in [0, 0.05) is 10.0 Å². The van der Waals surface area contributed by atoms with Gasteiger partial charge >= 0.3 is 0 Å². The molecule has 0 spiro atoms. The third kappa shape index (κ3) is 3.99. The molecule has 1 N–H and O–H groups in total. The summed E-state index contributed by atoms with van der Waals surface area (Å²) in [5.41, 5.74) is 1.84. The van der Waals surface area contributed by atoms with Gasteiger partial charge in [0.05, 0.1) is 12.5 Å². The predicted molar refractivity (Wildman–Crippen MR) is 83.2 cm³/mol. The molecule has 1 amide bonds. The van der Waals surface area contributed by atoms with E-state index in [0.29, 0.717) is 16.5 Å². The van der Waals surface area contributed by atoms with Gasteiger partial charge in [0.15, 0.2) is 0 Å². The van der Waals surface area contributed by atoms with Crippen molar-refractivity contribution in [3.63, 3.8) is 0 Å². The lowest BCUT2D eigenvalue weighted by atomic mass is 10.1. The van der Waals surface area contributed by atoms with Crippen LogP contribution in [0.25, 0.3) is 0 Å². The summed E-state index contributed by atoms with van der Waals surface area (Å²) < 4.78 is 0. The number of carbonyl (C=O) groups excluding carboxylic acids is 1. The lowest BCUT2D eigenvalue weighted by Gasteiger charge is -2.16. The van der Waals surface area contributed by atoms with E-state index in [1.165, 1.54) is 0 Å². The summed E-state index contributed by atoms with van der Waals surface area (Å²) in [6, 6.07) is 14.7. The highest BCUT2D eigenvalue weighted by atomic mass is 35.5. The van der Waals surface area contributed by atoms with Crippen molar-refractivity contribution in [3.05, 3.63) is 69.7 Å². The van der Waals surface area contributed by atoms with Crippen LogP contribution in [0.3, 0.4) is 0 Å². The maximum absolute atomic E-state index is 12.0. The fourth-order valence-electron chi connectivity index (χ4n) is 2.00. The van der Waals surface area contributed by atoms with E-state index in [0.717, 1.165) is 11.1 Å². The molecule has 0 aliphatic carbocycles. The van der Waals surface area contributed by atoms with Crippen LogP contribution in [0.15, 0.2) is 48.5 Å². The molecule has 0 aliphatic rings. The van der Waals surface area contributed by atoms with Gasteiger partial charge in [-0.1, -0.05) is 59.6 Å². The van der Waals surface area contributed by atoms with Gasteiger partial charge in [-0.15, -0.1) is 0 Å². The third-order valence-corrected chi connectivity index (χ3v) is 3.58. The molecule has 0 fully saturated rings. The minimum atomic E-state index is -0.157. The van der Waals surface area contributed by atoms with Crippen molar-refractivity contribution in [2.24, 2.45) is 0 Å². The number of nitrogens with one attached hydrogen (secondary N) is 1. The Kier molecular flexibility index (Phi) is 5.05. The molecule has 2 aromatic carbocycles. The Labute approximate surface area is 128 Å². The van der Waals surface area contributed by atoms with Crippen LogP contribution in [0.2, 0.25) is 10.0 Å². The second kappa shape index (κ2) is 6.78. The smallest absolute Gasteiger partial charge is 0.224 e. The Hall–Kier alpha value is -1.51. The maximum Gasteiger partial charge on any atom is 0.224 e. The first-order valence-corrected chi connectivity index (χ1v) is 7.10. The average molecular weight is 308 g/mol. The van der Waals surface area contributed by atoms with Gasteiger partial charge in [-0.2, -0.15) is 0 Å². The molecule has 2 rings (SSSR count). The van der Waals surface area contributed by atoms with Gasteiger partial charge in [0.25, 0.3) is 0 Å². The first-order chi connectivity index (χ1) is 9.56. The van der Waals surface area contributed by atoms with E-state index in [1.807, 2.05) is 43.3 Å². The zero-order valence-electron chi connectivity index (χ0n) is 11.1. The maximum atomic E-state index is 12.0. The van der Waals surface area contributed by atoms with Gasteiger partial charge in [0.2, 0.25) is 5.91 Å². The summed E-state index contributed by atoms with van der Waals surface area (Å²) in [6.45, 7) is 1.90. The molecule has 0 aliphatic heterocycles. The van der Waals surface area contributed by atoms with Gasteiger partial charge < -0.3 is 5.32 Å². The topological polar surface area (TPSA) is 29.1 Å². The molecule has 2 aromatic rings. The molecule has 2 nitrogen and oxygen atoms in total. The molecule has 0 bridgehead atoms. The number of hydrogen-bond donors (Lipinski definition) is 1. The highest BCUT2D eigenvalue weighted by Gasteiger charge is 2.13. The number of halogens is 2. The van der Waals surface area contributed by atoms with Crippen LogP contribution in [-0.4, -0.2) is 5.91 Å². The van der Waals surface area contributed by atoms with Gasteiger partial charge in [-0.3, -0.25) is 4.79 Å². The van der Waals surface area contributed by atoms with E-state index in [-0.39, 0.29) is 11.9 Å². The lowest BCUT2D eigenvalue weighted by molar-refractivity contribution is -0.121. The monoisotopic (exact) mass is 307 g/mol. The van der Waals surface area contributed by atoms with E-state index in [2.05, 4.69) is 5.32 Å². The number of rotatable bonds is 4. The van der Waals surface area contributed by atoms with E-state index >= 15 is 0 Å². The zero-order valence-corrected chi connectivity index (χ0v) is 12.6. The summed E-state index contributed by atoms with van der Waals surface area (Å²) in [6.07, 6.45) is 0.358. The predicted octanol–water partition coefficient (Wildman–Crippen LogP) is 4.41. The number of carbonyl (C=O) groups is 1. The fraction of sp³-hybridized carbons (Fsp3) is 0.188. The largest absolute Gasteiger partial charge is 0.349 e. The molecule has 0 aromatic heterocycles. The molecule has 0 saturated carbocycles. The summed E-state index contributed by atoms with van der Waals surface area (Å²) in [5.74, 6) is -0.0327. The summed E-state index contributed by atoms with van der Waals surface area (Å²) in [4.78, 5) is 12.0. The molecule has 1 atom stereocenters. The second-order valence-electron chi connectivity index (χ2n) is 4.62. The van der Waals surface area contributed by atoms with Crippen molar-refractivity contribution in [3.8, 4) is 0 Å². The molecule has 0 radical (unpaired) electrons. The molecular formula is C16H15Cl2NO. The first kappa shape index (κ1) is 14.9. The highest BCUT2D eigenvalue weighted by molar-refractivity contribution is 6.35. The van der Waals surface area contributed by atoms with Gasteiger partial charge in [-0.05, 0) is 30.2 Å². The summed E-state index contributed by atoms with van der Waals surface area (Å²) in [7, 11) is 0. The van der Waals surface area contributed by atoms with E-state index < -0.39 is 0 Å². The van der Waals surface area contributed by atoms with Gasteiger partial charge in [0.1, 0.15) is 0 Å². The molecule has 0 saturated heterocycles. The standard InChI is InChI=1S/C16H15Cl2NO/c1-11(14-8-7-13(17)10-15(14)18)19-16(20)9-12-5-3-2-4-6-12/h2-8,10-11H,9H2,1H3,(H,19,20)/t11-/m1/s1. The van der Waals surface area contributed by atoms with Crippen molar-refractivity contribution in [1.29, 1.82) is 0 Å². The summed E-state index contributed by atoms with van der Waals surface area (Å²) >= 11 is 12.0. The fourth-order valence-corrected chi connectivity index (χ4v) is 2.58. The highest BCUT2D eigenvalue weighted by Crippen LogP contribution is 2.26.